The van der Waals surface area contributed by atoms with E-state index in [4.69, 9.17) is 16.3 Å². The first-order valence-corrected chi connectivity index (χ1v) is 9.25. The van der Waals surface area contributed by atoms with Crippen molar-refractivity contribution in [1.82, 2.24) is 0 Å². The number of benzene rings is 2. The van der Waals surface area contributed by atoms with Crippen LogP contribution in [0, 0.1) is 5.92 Å². The van der Waals surface area contributed by atoms with Crippen LogP contribution in [-0.2, 0) is 10.3 Å². The van der Waals surface area contributed by atoms with Gasteiger partial charge in [-0.05, 0) is 55.3 Å². The third-order valence-electron chi connectivity index (χ3n) is 5.73. The normalized spacial score (nSPS) is 30.0. The van der Waals surface area contributed by atoms with Crippen LogP contribution >= 0.6 is 27.5 Å². The monoisotopic (exact) mass is 403 g/mol. The van der Waals surface area contributed by atoms with Gasteiger partial charge in [0, 0.05) is 33.1 Å². The molecule has 2 aromatic carbocycles. The molecule has 0 aromatic heterocycles. The maximum absolute atomic E-state index is 13.1. The fraction of sp³-hybridized carbons (Fsp3) is 0.316. The van der Waals surface area contributed by atoms with Crippen LogP contribution in [0.2, 0.25) is 5.02 Å². The van der Waals surface area contributed by atoms with Crippen molar-refractivity contribution in [1.29, 1.82) is 0 Å². The van der Waals surface area contributed by atoms with Crippen LogP contribution in [0.1, 0.15) is 40.9 Å². The Balaban J connectivity index is 1.82. The lowest BCUT2D eigenvalue weighted by Gasteiger charge is -2.45. The maximum Gasteiger partial charge on any atom is 0.259 e. The van der Waals surface area contributed by atoms with Gasteiger partial charge in [0.05, 0.1) is 17.3 Å². The molecule has 1 fully saturated rings. The predicted octanol–water partition coefficient (Wildman–Crippen LogP) is 5.07. The predicted molar refractivity (Wildman–Crippen MR) is 96.6 cm³/mol. The number of hydrogen-bond acceptors (Lipinski definition) is 2. The van der Waals surface area contributed by atoms with Gasteiger partial charge in [-0.3, -0.25) is 4.79 Å². The van der Waals surface area contributed by atoms with E-state index in [0.29, 0.717) is 11.6 Å². The van der Waals surface area contributed by atoms with Gasteiger partial charge in [-0.15, -0.1) is 0 Å². The smallest absolute Gasteiger partial charge is 0.259 e. The Morgan fingerprint density at radius 2 is 2.12 bits per heavy atom. The fourth-order valence-electron chi connectivity index (χ4n) is 4.66. The molecule has 5 heteroatoms. The largest absolute Gasteiger partial charge is 0.370 e. The third kappa shape index (κ3) is 1.74. The van der Waals surface area contributed by atoms with Crippen LogP contribution in [0.4, 0.5) is 5.69 Å². The van der Waals surface area contributed by atoms with Gasteiger partial charge < -0.3 is 9.64 Å². The van der Waals surface area contributed by atoms with Crippen molar-refractivity contribution in [3.05, 3.63) is 62.6 Å². The molecule has 0 aliphatic carbocycles. The van der Waals surface area contributed by atoms with E-state index >= 15 is 0 Å². The lowest BCUT2D eigenvalue weighted by atomic mass is 9.73. The zero-order valence-electron chi connectivity index (χ0n) is 13.1. The maximum atomic E-state index is 13.1. The number of fused-ring (bicyclic) bond motifs is 8. The van der Waals surface area contributed by atoms with Gasteiger partial charge in [-0.2, -0.15) is 0 Å². The second kappa shape index (κ2) is 4.84. The molecular formula is C19H15BrClNO2. The second-order valence-corrected chi connectivity index (χ2v) is 8.22. The molecule has 3 aliphatic heterocycles. The molecule has 24 heavy (non-hydrogen) atoms. The summed E-state index contributed by atoms with van der Waals surface area (Å²) in [5.74, 6) is 0.284. The van der Waals surface area contributed by atoms with Gasteiger partial charge in [0.15, 0.2) is 0 Å². The molecule has 3 nitrogen and oxygen atoms in total. The Morgan fingerprint density at radius 3 is 2.96 bits per heavy atom. The van der Waals surface area contributed by atoms with E-state index in [2.05, 4.69) is 28.9 Å². The van der Waals surface area contributed by atoms with Gasteiger partial charge >= 0.3 is 0 Å². The highest BCUT2D eigenvalue weighted by atomic mass is 79.9. The van der Waals surface area contributed by atoms with Crippen molar-refractivity contribution in [2.45, 2.75) is 25.0 Å². The van der Waals surface area contributed by atoms with Crippen LogP contribution in [-0.4, -0.2) is 12.5 Å². The van der Waals surface area contributed by atoms with Crippen LogP contribution in [0.5, 0.6) is 0 Å². The molecule has 2 aromatic rings. The highest BCUT2D eigenvalue weighted by Gasteiger charge is 2.57. The van der Waals surface area contributed by atoms with Gasteiger partial charge in [0.25, 0.3) is 5.91 Å². The SMILES string of the molecule is C[C@]12OCC[C@H]1[C@H]1c3cc(Cl)ccc3C(=O)N1c1ccc(Br)cc12. The van der Waals surface area contributed by atoms with E-state index in [1.807, 2.05) is 29.2 Å². The molecule has 3 heterocycles. The minimum Gasteiger partial charge on any atom is -0.370 e. The molecular weight excluding hydrogens is 390 g/mol. The van der Waals surface area contributed by atoms with Crippen molar-refractivity contribution in [3.63, 3.8) is 0 Å². The summed E-state index contributed by atoms with van der Waals surface area (Å²) >= 11 is 9.79. The lowest BCUT2D eigenvalue weighted by molar-refractivity contribution is -0.0204. The quantitative estimate of drug-likeness (QED) is 0.613. The lowest BCUT2D eigenvalue weighted by Crippen LogP contribution is -2.45. The third-order valence-corrected chi connectivity index (χ3v) is 6.46. The summed E-state index contributed by atoms with van der Waals surface area (Å²) in [4.78, 5) is 15.1. The van der Waals surface area contributed by atoms with Crippen LogP contribution in [0.15, 0.2) is 40.9 Å². The van der Waals surface area contributed by atoms with Crippen molar-refractivity contribution < 1.29 is 9.53 Å². The number of ether oxygens (including phenoxy) is 1. The van der Waals surface area contributed by atoms with E-state index < -0.39 is 0 Å². The van der Waals surface area contributed by atoms with Crippen molar-refractivity contribution >= 4 is 39.1 Å². The molecule has 0 bridgehead atoms. The minimum atomic E-state index is -0.384. The first-order chi connectivity index (χ1) is 11.5. The summed E-state index contributed by atoms with van der Waals surface area (Å²) in [6, 6.07) is 11.7. The number of halogens is 2. The minimum absolute atomic E-state index is 0.00706. The summed E-state index contributed by atoms with van der Waals surface area (Å²) in [7, 11) is 0. The molecule has 3 aliphatic rings. The van der Waals surface area contributed by atoms with E-state index in [-0.39, 0.29) is 23.5 Å². The van der Waals surface area contributed by atoms with E-state index in [9.17, 15) is 4.79 Å². The standard InChI is InChI=1S/C19H15BrClNO2/c1-19-14(6-7-24-19)17-13-9-11(21)3-4-12(13)18(23)22(17)16-5-2-10(20)8-15(16)19/h2-5,8-9,14,17H,6-7H2,1H3/t14-,17+,19-/m0/s1. The summed E-state index contributed by atoms with van der Waals surface area (Å²) < 4.78 is 7.22. The number of hydrogen-bond donors (Lipinski definition) is 0. The first-order valence-electron chi connectivity index (χ1n) is 8.08. The Morgan fingerprint density at radius 1 is 1.29 bits per heavy atom. The Labute approximate surface area is 153 Å². The van der Waals surface area contributed by atoms with E-state index in [0.717, 1.165) is 33.3 Å². The second-order valence-electron chi connectivity index (χ2n) is 6.86. The summed E-state index contributed by atoms with van der Waals surface area (Å²) in [6.07, 6.45) is 0.933. The van der Waals surface area contributed by atoms with Crippen molar-refractivity contribution in [2.75, 3.05) is 11.5 Å². The zero-order chi connectivity index (χ0) is 16.6. The van der Waals surface area contributed by atoms with Crippen LogP contribution < -0.4 is 4.90 Å². The summed E-state index contributed by atoms with van der Waals surface area (Å²) in [6.45, 7) is 2.86. The molecule has 122 valence electrons. The molecule has 1 saturated heterocycles. The molecule has 0 radical (unpaired) electrons. The summed E-state index contributed by atoms with van der Waals surface area (Å²) in [5, 5.41) is 0.672. The van der Waals surface area contributed by atoms with Gasteiger partial charge in [0.1, 0.15) is 0 Å². The summed E-state index contributed by atoms with van der Waals surface area (Å²) in [5.41, 5.74) is 3.44. The zero-order valence-corrected chi connectivity index (χ0v) is 15.4. The van der Waals surface area contributed by atoms with E-state index in [1.165, 1.54) is 0 Å². The van der Waals surface area contributed by atoms with Crippen molar-refractivity contribution in [3.8, 4) is 0 Å². The van der Waals surface area contributed by atoms with Crippen LogP contribution in [0.25, 0.3) is 0 Å². The number of carbonyl (C=O) groups is 1. The van der Waals surface area contributed by atoms with Gasteiger partial charge in [0.2, 0.25) is 0 Å². The molecule has 1 amide bonds. The highest BCUT2D eigenvalue weighted by Crippen LogP contribution is 2.59. The average Bonchev–Trinajstić information content (AvgIpc) is 3.07. The molecule has 0 unspecified atom stereocenters. The highest BCUT2D eigenvalue weighted by molar-refractivity contribution is 9.10. The molecule has 3 atom stereocenters. The molecule has 0 N–H and O–H groups in total. The number of amides is 1. The number of anilines is 1. The first kappa shape index (κ1) is 14.9. The number of nitrogens with zero attached hydrogens (tertiary/aromatic N) is 1. The van der Waals surface area contributed by atoms with Gasteiger partial charge in [-0.1, -0.05) is 27.5 Å². The Bertz CT molecular complexity index is 899. The fourth-order valence-corrected chi connectivity index (χ4v) is 5.20. The Hall–Kier alpha value is -1.36. The Kier molecular flexibility index (Phi) is 3.01. The molecule has 0 saturated carbocycles. The number of rotatable bonds is 0. The van der Waals surface area contributed by atoms with Crippen molar-refractivity contribution in [2.24, 2.45) is 5.92 Å². The molecule has 5 rings (SSSR count). The van der Waals surface area contributed by atoms with E-state index in [1.54, 1.807) is 6.07 Å². The van der Waals surface area contributed by atoms with Crippen LogP contribution in [0.3, 0.4) is 0 Å². The topological polar surface area (TPSA) is 29.5 Å². The molecule has 0 spiro atoms. The average molecular weight is 405 g/mol. The number of carbonyl (C=O) groups excluding carboxylic acids is 1. The van der Waals surface area contributed by atoms with Gasteiger partial charge in [-0.25, -0.2) is 0 Å².